The predicted octanol–water partition coefficient (Wildman–Crippen LogP) is 4.57. The Morgan fingerprint density at radius 2 is 2.12 bits per heavy atom. The van der Waals surface area contributed by atoms with Crippen molar-refractivity contribution in [1.82, 2.24) is 0 Å². The van der Waals surface area contributed by atoms with Crippen LogP contribution in [0.1, 0.15) is 42.7 Å². The molecule has 1 nitrogen and oxygen atoms in total. The number of anilines is 1. The number of hydrogen-bond acceptors (Lipinski definition) is 1. The zero-order valence-corrected chi connectivity index (χ0v) is 10.7. The zero-order valence-electron chi connectivity index (χ0n) is 9.21. The Labute approximate surface area is 106 Å². The molecular weight excluding hydrogens is 241 g/mol. The van der Waals surface area contributed by atoms with E-state index in [1.165, 1.54) is 11.1 Å². The van der Waals surface area contributed by atoms with Gasteiger partial charge < -0.3 is 5.73 Å². The molecule has 0 aromatic heterocycles. The molecule has 3 heteroatoms. The third kappa shape index (κ3) is 2.21. The smallest absolute Gasteiger partial charge is 0.103 e. The maximum Gasteiger partial charge on any atom is 0.103 e. The van der Waals surface area contributed by atoms with E-state index in [1.807, 2.05) is 18.2 Å². The topological polar surface area (TPSA) is 26.0 Å². The van der Waals surface area contributed by atoms with Gasteiger partial charge in [-0.05, 0) is 42.0 Å². The summed E-state index contributed by atoms with van der Waals surface area (Å²) in [5.74, 6) is 0.828. The third-order valence-corrected chi connectivity index (χ3v) is 3.57. The maximum absolute atomic E-state index is 6.05. The van der Waals surface area contributed by atoms with E-state index in [2.05, 4.69) is 13.0 Å². The molecule has 0 spiro atoms. The number of nitrogen functional groups attached to an aromatic ring is 1. The molecular formula is C13H15Cl2N. The van der Waals surface area contributed by atoms with Gasteiger partial charge in [0.2, 0.25) is 0 Å². The van der Waals surface area contributed by atoms with Gasteiger partial charge in [0.1, 0.15) is 4.49 Å². The van der Waals surface area contributed by atoms with Crippen molar-refractivity contribution >= 4 is 28.9 Å². The van der Waals surface area contributed by atoms with Gasteiger partial charge in [0, 0.05) is 11.6 Å². The lowest BCUT2D eigenvalue weighted by Crippen LogP contribution is -2.13. The molecule has 0 heterocycles. The predicted molar refractivity (Wildman–Crippen MR) is 71.0 cm³/mol. The largest absolute Gasteiger partial charge is 0.398 e. The molecule has 2 atom stereocenters. The molecule has 1 aromatic rings. The van der Waals surface area contributed by atoms with Crippen LogP contribution in [-0.2, 0) is 0 Å². The standard InChI is InChI=1S/C13H15Cl2N/c1-8-5-6-9(7-12(14)15)13-10(8)3-2-4-11(13)16/h2-4,7-9H,5-6,16H2,1H3. The van der Waals surface area contributed by atoms with Crippen molar-refractivity contribution in [3.05, 3.63) is 39.9 Å². The molecule has 0 amide bonds. The lowest BCUT2D eigenvalue weighted by molar-refractivity contribution is 0.555. The molecule has 0 radical (unpaired) electrons. The molecule has 2 rings (SSSR count). The van der Waals surface area contributed by atoms with Gasteiger partial charge >= 0.3 is 0 Å². The highest BCUT2D eigenvalue weighted by Gasteiger charge is 2.25. The van der Waals surface area contributed by atoms with Gasteiger partial charge in [-0.15, -0.1) is 0 Å². The molecule has 1 aliphatic rings. The molecule has 16 heavy (non-hydrogen) atoms. The first-order valence-corrected chi connectivity index (χ1v) is 6.26. The summed E-state index contributed by atoms with van der Waals surface area (Å²) in [6, 6.07) is 6.11. The number of benzene rings is 1. The molecule has 1 aliphatic carbocycles. The number of halogens is 2. The van der Waals surface area contributed by atoms with Gasteiger partial charge in [-0.1, -0.05) is 42.3 Å². The second-order valence-electron chi connectivity index (χ2n) is 4.39. The SMILES string of the molecule is CC1CCC(C=C(Cl)Cl)c2c(N)cccc21. The third-order valence-electron chi connectivity index (χ3n) is 3.31. The van der Waals surface area contributed by atoms with Crippen molar-refractivity contribution < 1.29 is 0 Å². The Kier molecular flexibility index (Phi) is 3.46. The highest BCUT2D eigenvalue weighted by molar-refractivity contribution is 6.55. The monoisotopic (exact) mass is 255 g/mol. The molecule has 0 saturated carbocycles. The van der Waals surface area contributed by atoms with Crippen molar-refractivity contribution in [1.29, 1.82) is 0 Å². The molecule has 2 N–H and O–H groups in total. The van der Waals surface area contributed by atoms with Gasteiger partial charge in [0.15, 0.2) is 0 Å². The van der Waals surface area contributed by atoms with Gasteiger partial charge in [0.25, 0.3) is 0 Å². The zero-order chi connectivity index (χ0) is 11.7. The van der Waals surface area contributed by atoms with Crippen LogP contribution in [0.15, 0.2) is 28.8 Å². The van der Waals surface area contributed by atoms with E-state index in [1.54, 1.807) is 0 Å². The molecule has 1 aromatic carbocycles. The van der Waals surface area contributed by atoms with E-state index >= 15 is 0 Å². The van der Waals surface area contributed by atoms with E-state index in [0.717, 1.165) is 18.5 Å². The van der Waals surface area contributed by atoms with E-state index in [9.17, 15) is 0 Å². The van der Waals surface area contributed by atoms with Crippen LogP contribution in [0.25, 0.3) is 0 Å². The molecule has 86 valence electrons. The minimum Gasteiger partial charge on any atom is -0.398 e. The van der Waals surface area contributed by atoms with Gasteiger partial charge in [0.05, 0.1) is 0 Å². The molecule has 0 fully saturated rings. The number of nitrogens with two attached hydrogens (primary N) is 1. The first-order valence-electron chi connectivity index (χ1n) is 5.50. The van der Waals surface area contributed by atoms with Crippen LogP contribution >= 0.6 is 23.2 Å². The average Bonchev–Trinajstić information content (AvgIpc) is 2.22. The van der Waals surface area contributed by atoms with E-state index in [4.69, 9.17) is 28.9 Å². The second-order valence-corrected chi connectivity index (χ2v) is 5.40. The van der Waals surface area contributed by atoms with E-state index < -0.39 is 0 Å². The van der Waals surface area contributed by atoms with E-state index in [0.29, 0.717) is 10.4 Å². The van der Waals surface area contributed by atoms with E-state index in [-0.39, 0.29) is 5.92 Å². The lowest BCUT2D eigenvalue weighted by Gasteiger charge is -2.29. The highest BCUT2D eigenvalue weighted by Crippen LogP contribution is 2.42. The minimum absolute atomic E-state index is 0.261. The maximum atomic E-state index is 6.05. The van der Waals surface area contributed by atoms with Crippen LogP contribution in [0.2, 0.25) is 0 Å². The van der Waals surface area contributed by atoms with Gasteiger partial charge in [-0.3, -0.25) is 0 Å². The van der Waals surface area contributed by atoms with Crippen molar-refractivity contribution in [3.63, 3.8) is 0 Å². The quantitative estimate of drug-likeness (QED) is 0.732. The van der Waals surface area contributed by atoms with Crippen molar-refractivity contribution in [2.45, 2.75) is 31.6 Å². The van der Waals surface area contributed by atoms with Crippen LogP contribution in [0.3, 0.4) is 0 Å². The number of fused-ring (bicyclic) bond motifs is 1. The first kappa shape index (κ1) is 11.8. The van der Waals surface area contributed by atoms with Crippen LogP contribution in [-0.4, -0.2) is 0 Å². The summed E-state index contributed by atoms with van der Waals surface area (Å²) < 4.78 is 0.328. The van der Waals surface area contributed by atoms with Crippen molar-refractivity contribution in [3.8, 4) is 0 Å². The molecule has 0 aliphatic heterocycles. The second kappa shape index (κ2) is 4.68. The summed E-state index contributed by atoms with van der Waals surface area (Å²) in [5.41, 5.74) is 9.45. The van der Waals surface area contributed by atoms with Crippen molar-refractivity contribution in [2.24, 2.45) is 0 Å². The van der Waals surface area contributed by atoms with Crippen LogP contribution in [0.5, 0.6) is 0 Å². The van der Waals surface area contributed by atoms with Crippen LogP contribution < -0.4 is 5.73 Å². The van der Waals surface area contributed by atoms with Crippen LogP contribution in [0, 0.1) is 0 Å². The summed E-state index contributed by atoms with van der Waals surface area (Å²) in [5, 5.41) is 0. The summed E-state index contributed by atoms with van der Waals surface area (Å²) in [6.07, 6.45) is 4.11. The fourth-order valence-electron chi connectivity index (χ4n) is 2.51. The first-order chi connectivity index (χ1) is 7.59. The Morgan fingerprint density at radius 3 is 2.81 bits per heavy atom. The summed E-state index contributed by atoms with van der Waals surface area (Å²) in [6.45, 7) is 2.24. The fraction of sp³-hybridized carbons (Fsp3) is 0.385. The molecule has 0 saturated heterocycles. The molecule has 0 bridgehead atoms. The number of allylic oxidation sites excluding steroid dienone is 1. The summed E-state index contributed by atoms with van der Waals surface area (Å²) in [7, 11) is 0. The summed E-state index contributed by atoms with van der Waals surface area (Å²) in [4.78, 5) is 0. The Morgan fingerprint density at radius 1 is 1.38 bits per heavy atom. The Balaban J connectivity index is 2.50. The average molecular weight is 256 g/mol. The minimum atomic E-state index is 0.261. The van der Waals surface area contributed by atoms with Crippen molar-refractivity contribution in [2.75, 3.05) is 5.73 Å². The normalized spacial score (nSPS) is 23.7. The number of rotatable bonds is 1. The van der Waals surface area contributed by atoms with Gasteiger partial charge in [-0.2, -0.15) is 0 Å². The van der Waals surface area contributed by atoms with Crippen LogP contribution in [0.4, 0.5) is 5.69 Å². The van der Waals surface area contributed by atoms with Gasteiger partial charge in [-0.25, -0.2) is 0 Å². The summed E-state index contributed by atoms with van der Waals surface area (Å²) >= 11 is 11.5. The lowest BCUT2D eigenvalue weighted by atomic mass is 9.77. The molecule has 2 unspecified atom stereocenters. The highest BCUT2D eigenvalue weighted by atomic mass is 35.5. The number of hydrogen-bond donors (Lipinski definition) is 1. The Bertz CT molecular complexity index is 422. The fourth-order valence-corrected chi connectivity index (χ4v) is 2.81. The Hall–Kier alpha value is -0.660.